The average Bonchev–Trinajstić information content (AvgIpc) is 3.42. The minimum Gasteiger partial charge on any atom is -0.494 e. The van der Waals surface area contributed by atoms with E-state index in [1.54, 1.807) is 11.3 Å². The van der Waals surface area contributed by atoms with E-state index >= 15 is 0 Å². The highest BCUT2D eigenvalue weighted by molar-refractivity contribution is 7.22. The molecule has 1 aromatic heterocycles. The van der Waals surface area contributed by atoms with Crippen LogP contribution in [0.4, 0.5) is 5.13 Å². The molecule has 26 heavy (non-hydrogen) atoms. The number of benzene rings is 1. The summed E-state index contributed by atoms with van der Waals surface area (Å²) in [4.78, 5) is 21.3. The maximum Gasteiger partial charge on any atom is 0.223 e. The first-order valence-corrected chi connectivity index (χ1v) is 10.3. The largest absolute Gasteiger partial charge is 0.494 e. The number of amides is 1. The third-order valence-electron chi connectivity index (χ3n) is 4.98. The lowest BCUT2D eigenvalue weighted by Crippen LogP contribution is -2.48. The van der Waals surface area contributed by atoms with Crippen molar-refractivity contribution in [3.8, 4) is 5.75 Å². The van der Waals surface area contributed by atoms with Gasteiger partial charge in [-0.25, -0.2) is 4.98 Å². The summed E-state index contributed by atoms with van der Waals surface area (Å²) in [7, 11) is 0. The first-order valence-electron chi connectivity index (χ1n) is 9.51. The van der Waals surface area contributed by atoms with Crippen LogP contribution in [0.25, 0.3) is 10.2 Å². The fraction of sp³-hybridized carbons (Fsp3) is 0.579. The molecule has 0 radical (unpaired) electrons. The molecule has 0 unspecified atom stereocenters. The smallest absolute Gasteiger partial charge is 0.223 e. The van der Waals surface area contributed by atoms with Gasteiger partial charge in [-0.05, 0) is 38.0 Å². The Morgan fingerprint density at radius 3 is 2.85 bits per heavy atom. The van der Waals surface area contributed by atoms with E-state index in [1.165, 1.54) is 4.70 Å². The van der Waals surface area contributed by atoms with Gasteiger partial charge in [0.2, 0.25) is 5.91 Å². The molecule has 1 amide bonds. The second-order valence-electron chi connectivity index (χ2n) is 6.95. The van der Waals surface area contributed by atoms with Crippen molar-refractivity contribution in [1.29, 1.82) is 0 Å². The summed E-state index contributed by atoms with van der Waals surface area (Å²) < 4.78 is 6.76. The van der Waals surface area contributed by atoms with Crippen LogP contribution in [0, 0.1) is 5.92 Å². The van der Waals surface area contributed by atoms with E-state index in [0.717, 1.165) is 68.5 Å². The molecule has 0 bridgehead atoms. The fourth-order valence-electron chi connectivity index (χ4n) is 3.27. The van der Waals surface area contributed by atoms with Crippen LogP contribution in [-0.2, 0) is 4.79 Å². The number of rotatable bonds is 7. The van der Waals surface area contributed by atoms with Gasteiger partial charge in [0, 0.05) is 45.2 Å². The quantitative estimate of drug-likeness (QED) is 0.806. The van der Waals surface area contributed by atoms with Crippen molar-refractivity contribution in [2.75, 3.05) is 50.8 Å². The summed E-state index contributed by atoms with van der Waals surface area (Å²) in [6.45, 7) is 8.36. The summed E-state index contributed by atoms with van der Waals surface area (Å²) in [5.41, 5.74) is 1.04. The van der Waals surface area contributed by atoms with Crippen molar-refractivity contribution in [2.45, 2.75) is 19.8 Å². The Bertz CT molecular complexity index is 766. The average molecular weight is 375 g/mol. The van der Waals surface area contributed by atoms with Crippen LogP contribution in [0.15, 0.2) is 18.2 Å². The van der Waals surface area contributed by atoms with Gasteiger partial charge in [0.1, 0.15) is 5.75 Å². The number of fused-ring (bicyclic) bond motifs is 1. The van der Waals surface area contributed by atoms with E-state index in [2.05, 4.69) is 21.2 Å². The van der Waals surface area contributed by atoms with E-state index in [9.17, 15) is 4.79 Å². The highest BCUT2D eigenvalue weighted by atomic mass is 32.1. The van der Waals surface area contributed by atoms with Crippen LogP contribution >= 0.6 is 11.3 Å². The van der Waals surface area contributed by atoms with Gasteiger partial charge in [-0.1, -0.05) is 11.3 Å². The molecule has 0 atom stereocenters. The van der Waals surface area contributed by atoms with E-state index in [4.69, 9.17) is 9.72 Å². The van der Waals surface area contributed by atoms with E-state index < -0.39 is 0 Å². The second-order valence-corrected chi connectivity index (χ2v) is 7.96. The second kappa shape index (κ2) is 7.80. The van der Waals surface area contributed by atoms with Crippen LogP contribution in [0.2, 0.25) is 0 Å². The lowest BCUT2D eigenvalue weighted by atomic mass is 10.3. The zero-order chi connectivity index (χ0) is 17.9. The number of ether oxygens (including phenoxy) is 1. The Morgan fingerprint density at radius 1 is 1.31 bits per heavy atom. The maximum absolute atomic E-state index is 11.7. The molecule has 140 valence electrons. The molecular weight excluding hydrogens is 348 g/mol. The Labute approximate surface area is 158 Å². The number of aromatic nitrogens is 1. The third-order valence-corrected chi connectivity index (χ3v) is 6.06. The summed E-state index contributed by atoms with van der Waals surface area (Å²) in [5, 5.41) is 4.14. The number of carbonyl (C=O) groups excluding carboxylic acids is 1. The monoisotopic (exact) mass is 374 g/mol. The maximum atomic E-state index is 11.7. The van der Waals surface area contributed by atoms with Crippen molar-refractivity contribution < 1.29 is 9.53 Å². The Morgan fingerprint density at radius 2 is 2.12 bits per heavy atom. The molecule has 1 aromatic carbocycles. The van der Waals surface area contributed by atoms with Gasteiger partial charge in [0.15, 0.2) is 5.13 Å². The zero-order valence-corrected chi connectivity index (χ0v) is 16.1. The number of carbonyl (C=O) groups is 1. The minimum absolute atomic E-state index is 0.240. The van der Waals surface area contributed by atoms with Gasteiger partial charge < -0.3 is 15.0 Å². The number of hydrogen-bond donors (Lipinski definition) is 1. The standard InChI is InChI=1S/C19H26N4O2S/c1-2-25-15-5-6-16-17(13-15)26-19(21-16)23-11-9-22(10-12-23)8-7-20-18(24)14-3-4-14/h5-6,13-14H,2-4,7-12H2,1H3,(H,20,24). The lowest BCUT2D eigenvalue weighted by molar-refractivity contribution is -0.122. The topological polar surface area (TPSA) is 57.7 Å². The Kier molecular flexibility index (Phi) is 5.26. The molecule has 2 heterocycles. The van der Waals surface area contributed by atoms with Gasteiger partial charge in [0.05, 0.1) is 16.8 Å². The molecule has 0 spiro atoms. The zero-order valence-electron chi connectivity index (χ0n) is 15.2. The summed E-state index contributed by atoms with van der Waals surface area (Å²) in [6.07, 6.45) is 2.14. The van der Waals surface area contributed by atoms with Gasteiger partial charge in [-0.2, -0.15) is 0 Å². The normalized spacial score (nSPS) is 18.3. The molecule has 2 aliphatic rings. The predicted octanol–water partition coefficient (Wildman–Crippen LogP) is 2.34. The highest BCUT2D eigenvalue weighted by Gasteiger charge is 2.29. The molecule has 2 fully saturated rings. The van der Waals surface area contributed by atoms with Crippen molar-refractivity contribution in [1.82, 2.24) is 15.2 Å². The van der Waals surface area contributed by atoms with Gasteiger partial charge in [-0.3, -0.25) is 9.69 Å². The molecule has 2 aromatic rings. The Balaban J connectivity index is 1.28. The van der Waals surface area contributed by atoms with Crippen LogP contribution in [-0.4, -0.2) is 61.7 Å². The van der Waals surface area contributed by atoms with Gasteiger partial charge in [0.25, 0.3) is 0 Å². The van der Waals surface area contributed by atoms with Crippen LogP contribution < -0.4 is 15.0 Å². The van der Waals surface area contributed by atoms with Crippen LogP contribution in [0.5, 0.6) is 5.75 Å². The lowest BCUT2D eigenvalue weighted by Gasteiger charge is -2.34. The fourth-order valence-corrected chi connectivity index (χ4v) is 4.32. The van der Waals surface area contributed by atoms with Crippen molar-refractivity contribution in [3.63, 3.8) is 0 Å². The number of piperazine rings is 1. The molecule has 6 nitrogen and oxygen atoms in total. The van der Waals surface area contributed by atoms with E-state index in [0.29, 0.717) is 12.5 Å². The molecule has 1 aliphatic heterocycles. The molecule has 1 saturated carbocycles. The molecule has 1 saturated heterocycles. The predicted molar refractivity (Wildman–Crippen MR) is 105 cm³/mol. The summed E-state index contributed by atoms with van der Waals surface area (Å²) in [6, 6.07) is 6.11. The molecule has 4 rings (SSSR count). The van der Waals surface area contributed by atoms with E-state index in [-0.39, 0.29) is 5.91 Å². The molecule has 1 aliphatic carbocycles. The van der Waals surface area contributed by atoms with Crippen LogP contribution in [0.3, 0.4) is 0 Å². The minimum atomic E-state index is 0.240. The summed E-state index contributed by atoms with van der Waals surface area (Å²) >= 11 is 1.74. The number of thiazole rings is 1. The number of nitrogens with zero attached hydrogens (tertiary/aromatic N) is 3. The van der Waals surface area contributed by atoms with Crippen molar-refractivity contribution in [3.05, 3.63) is 18.2 Å². The Hall–Kier alpha value is -1.86. The number of anilines is 1. The highest BCUT2D eigenvalue weighted by Crippen LogP contribution is 2.32. The first kappa shape index (κ1) is 17.5. The molecular formula is C19H26N4O2S. The first-order chi connectivity index (χ1) is 12.7. The molecule has 7 heteroatoms. The molecule has 1 N–H and O–H groups in total. The summed E-state index contributed by atoms with van der Waals surface area (Å²) in [5.74, 6) is 1.45. The number of hydrogen-bond acceptors (Lipinski definition) is 6. The SMILES string of the molecule is CCOc1ccc2nc(N3CCN(CCNC(=O)C4CC4)CC3)sc2c1. The van der Waals surface area contributed by atoms with Crippen molar-refractivity contribution in [2.24, 2.45) is 5.92 Å². The van der Waals surface area contributed by atoms with Crippen LogP contribution in [0.1, 0.15) is 19.8 Å². The van der Waals surface area contributed by atoms with E-state index in [1.807, 2.05) is 19.1 Å². The van der Waals surface area contributed by atoms with Gasteiger partial charge >= 0.3 is 0 Å². The van der Waals surface area contributed by atoms with Gasteiger partial charge in [-0.15, -0.1) is 0 Å². The van der Waals surface area contributed by atoms with Crippen molar-refractivity contribution >= 4 is 32.6 Å². The number of nitrogens with one attached hydrogen (secondary N) is 1. The third kappa shape index (κ3) is 4.10.